The molecule has 0 aliphatic carbocycles. The van der Waals surface area contributed by atoms with Gasteiger partial charge in [0.25, 0.3) is 0 Å². The van der Waals surface area contributed by atoms with Crippen LogP contribution in [-0.2, 0) is 5.41 Å². The van der Waals surface area contributed by atoms with Crippen LogP contribution in [0.4, 0.5) is 0 Å². The fourth-order valence-electron chi connectivity index (χ4n) is 2.69. The number of nitrogens with one attached hydrogen (secondary N) is 2. The normalized spacial score (nSPS) is 20.5. The van der Waals surface area contributed by atoms with Gasteiger partial charge in [0.05, 0.1) is 0 Å². The summed E-state index contributed by atoms with van der Waals surface area (Å²) >= 11 is 0. The monoisotopic (exact) mass is 260 g/mol. The van der Waals surface area contributed by atoms with Crippen molar-refractivity contribution < 1.29 is 0 Å². The summed E-state index contributed by atoms with van der Waals surface area (Å²) < 4.78 is 0. The molecule has 1 aromatic carbocycles. The second-order valence-electron chi connectivity index (χ2n) is 6.61. The summed E-state index contributed by atoms with van der Waals surface area (Å²) in [6, 6.07) is 7.51. The molecule has 1 fully saturated rings. The molecule has 0 spiro atoms. The van der Waals surface area contributed by atoms with E-state index in [1.807, 2.05) is 0 Å². The molecule has 19 heavy (non-hydrogen) atoms. The van der Waals surface area contributed by atoms with Crippen LogP contribution >= 0.6 is 0 Å². The third kappa shape index (κ3) is 3.80. The highest BCUT2D eigenvalue weighted by Crippen LogP contribution is 2.24. The molecule has 1 heterocycles. The minimum atomic E-state index is 0.190. The van der Waals surface area contributed by atoms with E-state index in [4.69, 9.17) is 0 Å². The molecule has 0 saturated carbocycles. The second kappa shape index (κ2) is 6.06. The van der Waals surface area contributed by atoms with Gasteiger partial charge in [-0.15, -0.1) is 0 Å². The fourth-order valence-corrected chi connectivity index (χ4v) is 2.69. The Hall–Kier alpha value is -0.860. The maximum absolute atomic E-state index is 3.73. The van der Waals surface area contributed by atoms with E-state index < -0.39 is 0 Å². The van der Waals surface area contributed by atoms with Gasteiger partial charge in [0.2, 0.25) is 0 Å². The van der Waals surface area contributed by atoms with Crippen molar-refractivity contribution in [1.29, 1.82) is 0 Å². The Morgan fingerprint density at radius 3 is 2.68 bits per heavy atom. The van der Waals surface area contributed by atoms with Crippen molar-refractivity contribution in [3.05, 3.63) is 34.9 Å². The smallest absolute Gasteiger partial charge is 0.0193 e. The predicted octanol–water partition coefficient (Wildman–Crippen LogP) is 2.92. The first-order valence-electron chi connectivity index (χ1n) is 7.51. The average Bonchev–Trinajstić information content (AvgIpc) is 2.41. The van der Waals surface area contributed by atoms with E-state index in [9.17, 15) is 0 Å². The van der Waals surface area contributed by atoms with Crippen molar-refractivity contribution in [3.63, 3.8) is 0 Å². The van der Waals surface area contributed by atoms with Gasteiger partial charge >= 0.3 is 0 Å². The van der Waals surface area contributed by atoms with Gasteiger partial charge in [0.15, 0.2) is 0 Å². The van der Waals surface area contributed by atoms with Crippen molar-refractivity contribution in [1.82, 2.24) is 10.6 Å². The summed E-state index contributed by atoms with van der Waals surface area (Å²) in [5, 5.41) is 7.20. The lowest BCUT2D eigenvalue weighted by Crippen LogP contribution is -2.47. The molecular weight excluding hydrogens is 232 g/mol. The van der Waals surface area contributed by atoms with Crippen molar-refractivity contribution in [2.75, 3.05) is 19.6 Å². The van der Waals surface area contributed by atoms with Gasteiger partial charge in [-0.05, 0) is 49.9 Å². The van der Waals surface area contributed by atoms with Crippen molar-refractivity contribution in [2.24, 2.45) is 0 Å². The lowest BCUT2D eigenvalue weighted by molar-refractivity contribution is 0.354. The third-order valence-electron chi connectivity index (χ3n) is 4.42. The number of aryl methyl sites for hydroxylation is 2. The topological polar surface area (TPSA) is 24.1 Å². The molecule has 0 radical (unpaired) electrons. The Morgan fingerprint density at radius 1 is 1.26 bits per heavy atom. The predicted molar refractivity (Wildman–Crippen MR) is 82.8 cm³/mol. The molecule has 106 valence electrons. The molecule has 0 bridgehead atoms. The summed E-state index contributed by atoms with van der Waals surface area (Å²) in [5.41, 5.74) is 4.40. The average molecular weight is 260 g/mol. The van der Waals surface area contributed by atoms with E-state index in [0.717, 1.165) is 13.1 Å². The van der Waals surface area contributed by atoms with Gasteiger partial charge in [0, 0.05) is 24.5 Å². The molecule has 2 heteroatoms. The Labute approximate surface area is 118 Å². The third-order valence-corrected chi connectivity index (χ3v) is 4.42. The summed E-state index contributed by atoms with van der Waals surface area (Å²) in [4.78, 5) is 0. The number of benzene rings is 1. The molecule has 0 amide bonds. The molecule has 1 saturated heterocycles. The number of hydrogen-bond acceptors (Lipinski definition) is 2. The van der Waals surface area contributed by atoms with Gasteiger partial charge in [-0.3, -0.25) is 0 Å². The van der Waals surface area contributed by atoms with Crippen LogP contribution in [0.25, 0.3) is 0 Å². The zero-order valence-corrected chi connectivity index (χ0v) is 12.8. The maximum atomic E-state index is 3.73. The van der Waals surface area contributed by atoms with Gasteiger partial charge in [-0.2, -0.15) is 0 Å². The van der Waals surface area contributed by atoms with E-state index in [1.165, 1.54) is 36.1 Å². The van der Waals surface area contributed by atoms with E-state index in [1.54, 1.807) is 0 Å². The summed E-state index contributed by atoms with van der Waals surface area (Å²) in [6.07, 6.45) is 2.59. The van der Waals surface area contributed by atoms with Gasteiger partial charge < -0.3 is 10.6 Å². The van der Waals surface area contributed by atoms with E-state index in [-0.39, 0.29) is 5.41 Å². The SMILES string of the molecule is Cc1ccc(C(C)(C)CNC2CCCNC2)cc1C. The summed E-state index contributed by atoms with van der Waals surface area (Å²) in [7, 11) is 0. The molecule has 2 rings (SSSR count). The minimum absolute atomic E-state index is 0.190. The van der Waals surface area contributed by atoms with Crippen LogP contribution in [0.2, 0.25) is 0 Å². The lowest BCUT2D eigenvalue weighted by Gasteiger charge is -2.31. The van der Waals surface area contributed by atoms with Gasteiger partial charge in [0.1, 0.15) is 0 Å². The van der Waals surface area contributed by atoms with Crippen molar-refractivity contribution in [3.8, 4) is 0 Å². The highest BCUT2D eigenvalue weighted by atomic mass is 15.0. The maximum Gasteiger partial charge on any atom is 0.0193 e. The van der Waals surface area contributed by atoms with Crippen molar-refractivity contribution in [2.45, 2.75) is 52.0 Å². The largest absolute Gasteiger partial charge is 0.315 e. The fraction of sp³-hybridized carbons (Fsp3) is 0.647. The molecule has 1 aliphatic rings. The zero-order chi connectivity index (χ0) is 13.9. The molecule has 2 N–H and O–H groups in total. The highest BCUT2D eigenvalue weighted by Gasteiger charge is 2.23. The van der Waals surface area contributed by atoms with E-state index in [2.05, 4.69) is 56.5 Å². The van der Waals surface area contributed by atoms with Crippen LogP contribution < -0.4 is 10.6 Å². The molecule has 0 aromatic heterocycles. The first-order chi connectivity index (χ1) is 8.99. The molecular formula is C17H28N2. The quantitative estimate of drug-likeness (QED) is 0.870. The van der Waals surface area contributed by atoms with Gasteiger partial charge in [-0.25, -0.2) is 0 Å². The molecule has 1 unspecified atom stereocenters. The first-order valence-corrected chi connectivity index (χ1v) is 7.51. The van der Waals surface area contributed by atoms with Crippen LogP contribution in [0.5, 0.6) is 0 Å². The summed E-state index contributed by atoms with van der Waals surface area (Å²) in [5.74, 6) is 0. The van der Waals surface area contributed by atoms with Crippen LogP contribution in [0.3, 0.4) is 0 Å². The highest BCUT2D eigenvalue weighted by molar-refractivity contribution is 5.34. The number of hydrogen-bond donors (Lipinski definition) is 2. The van der Waals surface area contributed by atoms with Crippen LogP contribution in [0.1, 0.15) is 43.4 Å². The zero-order valence-electron chi connectivity index (χ0n) is 12.8. The van der Waals surface area contributed by atoms with Crippen molar-refractivity contribution >= 4 is 0 Å². The molecule has 2 nitrogen and oxygen atoms in total. The Bertz CT molecular complexity index is 417. The van der Waals surface area contributed by atoms with Crippen LogP contribution in [0, 0.1) is 13.8 Å². The van der Waals surface area contributed by atoms with Gasteiger partial charge in [-0.1, -0.05) is 32.0 Å². The standard InChI is InChI=1S/C17H28N2/c1-13-7-8-15(10-14(13)2)17(3,4)12-19-16-6-5-9-18-11-16/h7-8,10,16,18-19H,5-6,9,11-12H2,1-4H3. The Balaban J connectivity index is 1.98. The van der Waals surface area contributed by atoms with Crippen LogP contribution in [0.15, 0.2) is 18.2 Å². The molecule has 1 aromatic rings. The Kier molecular flexibility index (Phi) is 4.64. The molecule has 1 atom stereocenters. The number of piperidine rings is 1. The molecule has 1 aliphatic heterocycles. The minimum Gasteiger partial charge on any atom is -0.315 e. The lowest BCUT2D eigenvalue weighted by atomic mass is 9.83. The van der Waals surface area contributed by atoms with E-state index in [0.29, 0.717) is 6.04 Å². The summed E-state index contributed by atoms with van der Waals surface area (Å²) in [6.45, 7) is 12.4. The second-order valence-corrected chi connectivity index (χ2v) is 6.61. The van der Waals surface area contributed by atoms with Crippen LogP contribution in [-0.4, -0.2) is 25.7 Å². The van der Waals surface area contributed by atoms with E-state index >= 15 is 0 Å². The number of rotatable bonds is 4. The Morgan fingerprint density at radius 2 is 2.05 bits per heavy atom. The first kappa shape index (κ1) is 14.5.